The number of anilines is 1. The first-order chi connectivity index (χ1) is 13.3. The Morgan fingerprint density at radius 3 is 2.82 bits per heavy atom. The average molecular weight is 430 g/mol. The van der Waals surface area contributed by atoms with E-state index in [2.05, 4.69) is 15.5 Å². The highest BCUT2D eigenvalue weighted by molar-refractivity contribution is 6.32. The number of ether oxygens (including phenoxy) is 1. The summed E-state index contributed by atoms with van der Waals surface area (Å²) in [6, 6.07) is 6.91. The lowest BCUT2D eigenvalue weighted by Crippen LogP contribution is -2.20. The molecule has 1 aromatic carbocycles. The van der Waals surface area contributed by atoms with Crippen molar-refractivity contribution >= 4 is 34.8 Å². The molecule has 3 aromatic rings. The average Bonchev–Trinajstić information content (AvgIpc) is 3.19. The van der Waals surface area contributed by atoms with Gasteiger partial charge in [0.25, 0.3) is 6.43 Å². The van der Waals surface area contributed by atoms with Gasteiger partial charge in [-0.15, -0.1) is 0 Å². The summed E-state index contributed by atoms with van der Waals surface area (Å²) in [7, 11) is 0. The number of carbonyl (C=O) groups is 1. The van der Waals surface area contributed by atoms with Gasteiger partial charge in [-0.1, -0.05) is 29.3 Å². The molecule has 0 aliphatic rings. The first-order valence-corrected chi connectivity index (χ1v) is 8.80. The van der Waals surface area contributed by atoms with Crippen molar-refractivity contribution in [3.05, 3.63) is 58.1 Å². The molecular formula is C17H15Cl2F2N5O2. The van der Waals surface area contributed by atoms with Crippen LogP contribution in [-0.2, 0) is 18.1 Å². The molecule has 0 radical (unpaired) electrons. The van der Waals surface area contributed by atoms with Crippen LogP contribution < -0.4 is 10.1 Å². The second-order valence-corrected chi connectivity index (χ2v) is 6.60. The highest BCUT2D eigenvalue weighted by atomic mass is 35.5. The third-order valence-electron chi connectivity index (χ3n) is 3.73. The highest BCUT2D eigenvalue weighted by Crippen LogP contribution is 2.28. The van der Waals surface area contributed by atoms with Crippen molar-refractivity contribution < 1.29 is 18.3 Å². The maximum atomic E-state index is 12.8. The topological polar surface area (TPSA) is 74.0 Å². The van der Waals surface area contributed by atoms with Crippen LogP contribution >= 0.6 is 23.2 Å². The third kappa shape index (κ3) is 4.79. The van der Waals surface area contributed by atoms with E-state index in [1.165, 1.54) is 17.8 Å². The summed E-state index contributed by atoms with van der Waals surface area (Å²) >= 11 is 11.7. The zero-order valence-corrected chi connectivity index (χ0v) is 16.1. The predicted molar refractivity (Wildman–Crippen MR) is 99.9 cm³/mol. The van der Waals surface area contributed by atoms with Gasteiger partial charge in [0, 0.05) is 5.02 Å². The fourth-order valence-corrected chi connectivity index (χ4v) is 2.77. The Balaban J connectivity index is 1.57. The van der Waals surface area contributed by atoms with E-state index < -0.39 is 18.0 Å². The number of halogens is 4. The number of aromatic nitrogens is 4. The SMILES string of the molecule is Cc1c(Cl)c(C(F)F)nn1CC(=O)Nc1cnn(COc2cccc(Cl)c2)c1. The molecule has 0 bridgehead atoms. The van der Waals surface area contributed by atoms with Crippen molar-refractivity contribution in [1.82, 2.24) is 19.6 Å². The number of rotatable bonds is 7. The molecule has 2 heterocycles. The highest BCUT2D eigenvalue weighted by Gasteiger charge is 2.21. The van der Waals surface area contributed by atoms with E-state index >= 15 is 0 Å². The zero-order valence-electron chi connectivity index (χ0n) is 14.6. The van der Waals surface area contributed by atoms with Gasteiger partial charge in [-0.05, 0) is 25.1 Å². The van der Waals surface area contributed by atoms with E-state index in [0.29, 0.717) is 16.5 Å². The van der Waals surface area contributed by atoms with Gasteiger partial charge in [-0.3, -0.25) is 9.48 Å². The van der Waals surface area contributed by atoms with Gasteiger partial charge in [0.05, 0.1) is 28.8 Å². The molecule has 0 aliphatic heterocycles. The Bertz CT molecular complexity index is 990. The van der Waals surface area contributed by atoms with Crippen molar-refractivity contribution in [1.29, 1.82) is 0 Å². The predicted octanol–water partition coefficient (Wildman–Crippen LogP) is 4.31. The molecule has 0 spiro atoms. The van der Waals surface area contributed by atoms with Gasteiger partial charge in [-0.25, -0.2) is 13.5 Å². The van der Waals surface area contributed by atoms with E-state index in [-0.39, 0.29) is 24.0 Å². The molecule has 0 saturated carbocycles. The maximum absolute atomic E-state index is 12.8. The summed E-state index contributed by atoms with van der Waals surface area (Å²) < 4.78 is 33.8. The molecule has 11 heteroatoms. The van der Waals surface area contributed by atoms with E-state index in [4.69, 9.17) is 27.9 Å². The summed E-state index contributed by atoms with van der Waals surface area (Å²) in [5, 5.41) is 10.8. The Hall–Kier alpha value is -2.65. The summed E-state index contributed by atoms with van der Waals surface area (Å²) in [6.07, 6.45) is 0.191. The number of nitrogens with one attached hydrogen (secondary N) is 1. The molecule has 0 unspecified atom stereocenters. The van der Waals surface area contributed by atoms with E-state index in [1.807, 2.05) is 0 Å². The van der Waals surface area contributed by atoms with Crippen molar-refractivity contribution in [3.63, 3.8) is 0 Å². The van der Waals surface area contributed by atoms with E-state index in [9.17, 15) is 13.6 Å². The zero-order chi connectivity index (χ0) is 20.3. The number of amides is 1. The lowest BCUT2D eigenvalue weighted by atomic mass is 10.3. The van der Waals surface area contributed by atoms with Gasteiger partial charge in [0.2, 0.25) is 5.91 Å². The van der Waals surface area contributed by atoms with Gasteiger partial charge >= 0.3 is 0 Å². The fourth-order valence-electron chi connectivity index (χ4n) is 2.37. The summed E-state index contributed by atoms with van der Waals surface area (Å²) in [4.78, 5) is 12.2. The Labute approximate surface area is 168 Å². The van der Waals surface area contributed by atoms with Crippen LogP contribution in [0.15, 0.2) is 36.7 Å². The van der Waals surface area contributed by atoms with Crippen LogP contribution in [0.3, 0.4) is 0 Å². The Morgan fingerprint density at radius 1 is 1.36 bits per heavy atom. The van der Waals surface area contributed by atoms with Crippen molar-refractivity contribution in [2.24, 2.45) is 0 Å². The molecule has 0 atom stereocenters. The van der Waals surface area contributed by atoms with Crippen LogP contribution in [0.1, 0.15) is 17.8 Å². The first kappa shape index (κ1) is 20.1. The molecule has 7 nitrogen and oxygen atoms in total. The normalized spacial score (nSPS) is 11.1. The number of carbonyl (C=O) groups excluding carboxylic acids is 1. The number of nitrogens with zero attached hydrogens (tertiary/aromatic N) is 4. The van der Waals surface area contributed by atoms with Crippen molar-refractivity contribution in [2.75, 3.05) is 5.32 Å². The van der Waals surface area contributed by atoms with Crippen molar-refractivity contribution in [2.45, 2.75) is 26.6 Å². The second kappa shape index (κ2) is 8.57. The lowest BCUT2D eigenvalue weighted by Gasteiger charge is -2.06. The van der Waals surface area contributed by atoms with Crippen LogP contribution in [-0.4, -0.2) is 25.5 Å². The van der Waals surface area contributed by atoms with Gasteiger partial charge in [0.15, 0.2) is 6.73 Å². The quantitative estimate of drug-likeness (QED) is 0.607. The van der Waals surface area contributed by atoms with Gasteiger partial charge in [-0.2, -0.15) is 10.2 Å². The van der Waals surface area contributed by atoms with Crippen LogP contribution in [0.2, 0.25) is 10.0 Å². The molecule has 2 aromatic heterocycles. The summed E-state index contributed by atoms with van der Waals surface area (Å²) in [5.74, 6) is 0.118. The lowest BCUT2D eigenvalue weighted by molar-refractivity contribution is -0.117. The number of hydrogen-bond donors (Lipinski definition) is 1. The molecule has 28 heavy (non-hydrogen) atoms. The first-order valence-electron chi connectivity index (χ1n) is 8.05. The smallest absolute Gasteiger partial charge is 0.283 e. The van der Waals surface area contributed by atoms with E-state index in [0.717, 1.165) is 4.68 Å². The van der Waals surface area contributed by atoms with Gasteiger partial charge < -0.3 is 10.1 Å². The Kier molecular flexibility index (Phi) is 6.15. The number of alkyl halides is 2. The Morgan fingerprint density at radius 2 is 2.14 bits per heavy atom. The number of benzene rings is 1. The largest absolute Gasteiger partial charge is 0.471 e. The third-order valence-corrected chi connectivity index (χ3v) is 4.44. The summed E-state index contributed by atoms with van der Waals surface area (Å²) in [6.45, 7) is 1.37. The standard InChI is InChI=1S/C17H15Cl2F2N5O2/c1-10-15(19)16(17(20)21)24-26(10)8-14(27)23-12-6-22-25(7-12)9-28-13-4-2-3-11(18)5-13/h2-7,17H,8-9H2,1H3,(H,23,27). The molecular weight excluding hydrogens is 415 g/mol. The second-order valence-electron chi connectivity index (χ2n) is 5.79. The van der Waals surface area contributed by atoms with E-state index in [1.54, 1.807) is 30.5 Å². The van der Waals surface area contributed by atoms with Gasteiger partial charge in [0.1, 0.15) is 18.0 Å². The molecule has 0 aliphatic carbocycles. The minimum absolute atomic E-state index is 0.113. The monoisotopic (exact) mass is 429 g/mol. The molecule has 0 fully saturated rings. The molecule has 148 valence electrons. The van der Waals surface area contributed by atoms with Crippen LogP contribution in [0.25, 0.3) is 0 Å². The molecule has 1 amide bonds. The molecule has 3 rings (SSSR count). The van der Waals surface area contributed by atoms with Crippen LogP contribution in [0.4, 0.5) is 14.5 Å². The minimum Gasteiger partial charge on any atom is -0.471 e. The summed E-state index contributed by atoms with van der Waals surface area (Å²) in [5.41, 5.74) is 0.167. The van der Waals surface area contributed by atoms with Crippen molar-refractivity contribution in [3.8, 4) is 5.75 Å². The molecule has 0 saturated heterocycles. The number of hydrogen-bond acceptors (Lipinski definition) is 4. The van der Waals surface area contributed by atoms with Crippen LogP contribution in [0, 0.1) is 6.92 Å². The van der Waals surface area contributed by atoms with Crippen LogP contribution in [0.5, 0.6) is 5.75 Å². The maximum Gasteiger partial charge on any atom is 0.283 e. The minimum atomic E-state index is -2.81. The molecule has 1 N–H and O–H groups in total. The fraction of sp³-hybridized carbons (Fsp3) is 0.235.